The van der Waals surface area contributed by atoms with E-state index in [4.69, 9.17) is 0 Å². The van der Waals surface area contributed by atoms with Crippen molar-refractivity contribution in [1.29, 1.82) is 0 Å². The highest BCUT2D eigenvalue weighted by atomic mass is 32.1. The topological polar surface area (TPSA) is 117 Å². The van der Waals surface area contributed by atoms with E-state index >= 15 is 0 Å². The lowest BCUT2D eigenvalue weighted by Crippen LogP contribution is -2.33. The minimum Gasteiger partial charge on any atom is -0.347 e. The highest BCUT2D eigenvalue weighted by molar-refractivity contribution is 7.18. The van der Waals surface area contributed by atoms with Crippen LogP contribution >= 0.6 is 22.7 Å². The van der Waals surface area contributed by atoms with E-state index in [-0.39, 0.29) is 30.3 Å². The standard InChI is InChI=1S/C18H19N5O3S2/c24-13(20-9-14(25)23-18-19-7-8-27-18)6-5-12-21-16(26)15-10-3-1-2-4-11(10)28-17(15)22-12/h7-8H,1-6,9H2,(H,20,24)(H,19,23,25)(H,21,22,26). The van der Waals surface area contributed by atoms with Gasteiger partial charge in [-0.1, -0.05) is 0 Å². The summed E-state index contributed by atoms with van der Waals surface area (Å²) < 4.78 is 0. The number of rotatable bonds is 6. The molecular formula is C18H19N5O3S2. The van der Waals surface area contributed by atoms with E-state index in [0.717, 1.165) is 36.1 Å². The molecule has 0 aromatic carbocycles. The molecule has 2 amide bonds. The summed E-state index contributed by atoms with van der Waals surface area (Å²) in [5.41, 5.74) is 1.03. The number of thiophene rings is 1. The van der Waals surface area contributed by atoms with Crippen LogP contribution in [0.5, 0.6) is 0 Å². The summed E-state index contributed by atoms with van der Waals surface area (Å²) in [6, 6.07) is 0. The molecule has 146 valence electrons. The first kappa shape index (κ1) is 18.8. The first-order valence-electron chi connectivity index (χ1n) is 9.09. The molecule has 0 radical (unpaired) electrons. The Hall–Kier alpha value is -2.59. The van der Waals surface area contributed by atoms with Gasteiger partial charge in [-0.25, -0.2) is 9.97 Å². The summed E-state index contributed by atoms with van der Waals surface area (Å²) >= 11 is 2.90. The number of carbonyl (C=O) groups excluding carboxylic acids is 2. The number of H-pyrrole nitrogens is 1. The summed E-state index contributed by atoms with van der Waals surface area (Å²) in [4.78, 5) is 49.6. The van der Waals surface area contributed by atoms with Crippen molar-refractivity contribution in [2.45, 2.75) is 38.5 Å². The number of aromatic nitrogens is 3. The maximum Gasteiger partial charge on any atom is 0.259 e. The van der Waals surface area contributed by atoms with Crippen molar-refractivity contribution in [1.82, 2.24) is 20.3 Å². The van der Waals surface area contributed by atoms with Gasteiger partial charge in [0.25, 0.3) is 5.56 Å². The molecule has 1 aliphatic carbocycles. The van der Waals surface area contributed by atoms with E-state index in [1.165, 1.54) is 16.2 Å². The van der Waals surface area contributed by atoms with Gasteiger partial charge in [-0.15, -0.1) is 22.7 Å². The van der Waals surface area contributed by atoms with E-state index in [1.807, 2.05) is 0 Å². The van der Waals surface area contributed by atoms with Gasteiger partial charge in [0, 0.05) is 29.3 Å². The molecule has 1 aliphatic rings. The third kappa shape index (κ3) is 4.12. The zero-order valence-corrected chi connectivity index (χ0v) is 16.7. The number of anilines is 1. The second-order valence-electron chi connectivity index (χ2n) is 6.57. The second-order valence-corrected chi connectivity index (χ2v) is 8.54. The Morgan fingerprint density at radius 1 is 1.21 bits per heavy atom. The lowest BCUT2D eigenvalue weighted by molar-refractivity contribution is -0.124. The number of thiazole rings is 1. The molecule has 3 N–H and O–H groups in total. The van der Waals surface area contributed by atoms with E-state index < -0.39 is 0 Å². The van der Waals surface area contributed by atoms with Crippen molar-refractivity contribution in [2.75, 3.05) is 11.9 Å². The zero-order valence-electron chi connectivity index (χ0n) is 15.0. The van der Waals surface area contributed by atoms with Gasteiger partial charge in [0.2, 0.25) is 11.8 Å². The first-order valence-corrected chi connectivity index (χ1v) is 10.8. The predicted molar refractivity (Wildman–Crippen MR) is 109 cm³/mol. The van der Waals surface area contributed by atoms with Crippen LogP contribution in [0.2, 0.25) is 0 Å². The number of nitrogens with zero attached hydrogens (tertiary/aromatic N) is 2. The average Bonchev–Trinajstić information content (AvgIpc) is 3.31. The average molecular weight is 418 g/mol. The lowest BCUT2D eigenvalue weighted by Gasteiger charge is -2.09. The molecule has 8 nitrogen and oxygen atoms in total. The third-order valence-corrected chi connectivity index (χ3v) is 6.46. The van der Waals surface area contributed by atoms with Gasteiger partial charge in [-0.05, 0) is 31.2 Å². The van der Waals surface area contributed by atoms with Crippen molar-refractivity contribution in [2.24, 2.45) is 0 Å². The van der Waals surface area contributed by atoms with Crippen molar-refractivity contribution in [3.8, 4) is 0 Å². The Balaban J connectivity index is 1.34. The van der Waals surface area contributed by atoms with Crippen LogP contribution < -0.4 is 16.2 Å². The minimum atomic E-state index is -0.333. The van der Waals surface area contributed by atoms with Crippen LogP contribution in [0, 0.1) is 0 Å². The summed E-state index contributed by atoms with van der Waals surface area (Å²) in [5, 5.41) is 8.12. The number of nitrogens with one attached hydrogen (secondary N) is 3. The number of aryl methyl sites for hydroxylation is 3. The number of fused-ring (bicyclic) bond motifs is 3. The quantitative estimate of drug-likeness (QED) is 0.567. The molecule has 0 fully saturated rings. The normalized spacial score (nSPS) is 13.3. The molecule has 3 aromatic heterocycles. The zero-order chi connectivity index (χ0) is 19.5. The maximum absolute atomic E-state index is 12.5. The van der Waals surface area contributed by atoms with Gasteiger partial charge >= 0.3 is 0 Å². The Kier molecular flexibility index (Phi) is 5.49. The summed E-state index contributed by atoms with van der Waals surface area (Å²) in [6.07, 6.45) is 6.25. The molecule has 28 heavy (non-hydrogen) atoms. The van der Waals surface area contributed by atoms with Crippen molar-refractivity contribution in [3.05, 3.63) is 38.2 Å². The maximum atomic E-state index is 12.5. The first-order chi connectivity index (χ1) is 13.6. The summed E-state index contributed by atoms with van der Waals surface area (Å²) in [5.74, 6) is -0.110. The fourth-order valence-electron chi connectivity index (χ4n) is 3.27. The molecule has 3 heterocycles. The van der Waals surface area contributed by atoms with E-state index in [2.05, 4.69) is 25.6 Å². The largest absolute Gasteiger partial charge is 0.347 e. The van der Waals surface area contributed by atoms with Crippen LogP contribution in [0.1, 0.15) is 35.5 Å². The Morgan fingerprint density at radius 3 is 2.89 bits per heavy atom. The third-order valence-electron chi connectivity index (χ3n) is 4.59. The SMILES string of the molecule is O=C(CCc1nc2sc3c(c2c(=O)[nH]1)CCCC3)NCC(=O)Nc1nccs1. The molecule has 0 unspecified atom stereocenters. The minimum absolute atomic E-state index is 0.123. The van der Waals surface area contributed by atoms with Crippen LogP contribution in [-0.2, 0) is 28.9 Å². The van der Waals surface area contributed by atoms with Crippen LogP contribution in [0.4, 0.5) is 5.13 Å². The van der Waals surface area contributed by atoms with Gasteiger partial charge in [0.1, 0.15) is 10.7 Å². The molecule has 0 aliphatic heterocycles. The van der Waals surface area contributed by atoms with Crippen LogP contribution in [-0.4, -0.2) is 33.3 Å². The number of amides is 2. The Bertz CT molecular complexity index is 1070. The number of hydrogen-bond donors (Lipinski definition) is 3. The molecule has 4 rings (SSSR count). The molecule has 0 saturated carbocycles. The lowest BCUT2D eigenvalue weighted by atomic mass is 9.97. The van der Waals surface area contributed by atoms with Crippen molar-refractivity contribution >= 4 is 49.8 Å². The fraction of sp³-hybridized carbons (Fsp3) is 0.389. The molecule has 0 bridgehead atoms. The van der Waals surface area contributed by atoms with Crippen molar-refractivity contribution in [3.63, 3.8) is 0 Å². The highest BCUT2D eigenvalue weighted by Crippen LogP contribution is 2.33. The fourth-order valence-corrected chi connectivity index (χ4v) is 5.10. The van der Waals surface area contributed by atoms with Crippen LogP contribution in [0.25, 0.3) is 10.2 Å². The van der Waals surface area contributed by atoms with Gasteiger partial charge in [0.05, 0.1) is 11.9 Å². The van der Waals surface area contributed by atoms with E-state index in [0.29, 0.717) is 22.8 Å². The van der Waals surface area contributed by atoms with Crippen molar-refractivity contribution < 1.29 is 9.59 Å². The van der Waals surface area contributed by atoms with Gasteiger partial charge in [-0.2, -0.15) is 0 Å². The summed E-state index contributed by atoms with van der Waals surface area (Å²) in [7, 11) is 0. The smallest absolute Gasteiger partial charge is 0.259 e. The molecule has 0 atom stereocenters. The molecule has 10 heteroatoms. The Labute approximate surface area is 168 Å². The molecule has 0 spiro atoms. The summed E-state index contributed by atoms with van der Waals surface area (Å²) in [6.45, 7) is -0.126. The number of aromatic amines is 1. The Morgan fingerprint density at radius 2 is 2.07 bits per heavy atom. The highest BCUT2D eigenvalue weighted by Gasteiger charge is 2.20. The number of hydrogen-bond acceptors (Lipinski definition) is 7. The molecule has 3 aromatic rings. The number of carbonyl (C=O) groups is 2. The predicted octanol–water partition coefficient (Wildman–Crippen LogP) is 2.01. The van der Waals surface area contributed by atoms with E-state index in [1.54, 1.807) is 22.9 Å². The van der Waals surface area contributed by atoms with Gasteiger partial charge in [0.15, 0.2) is 5.13 Å². The van der Waals surface area contributed by atoms with E-state index in [9.17, 15) is 14.4 Å². The van der Waals surface area contributed by atoms with Gasteiger partial charge in [-0.3, -0.25) is 14.4 Å². The van der Waals surface area contributed by atoms with Gasteiger partial charge < -0.3 is 15.6 Å². The van der Waals surface area contributed by atoms with Crippen LogP contribution in [0.3, 0.4) is 0 Å². The van der Waals surface area contributed by atoms with Crippen LogP contribution in [0.15, 0.2) is 16.4 Å². The molecular weight excluding hydrogens is 398 g/mol. The monoisotopic (exact) mass is 417 g/mol. The second kappa shape index (κ2) is 8.19. The molecule has 0 saturated heterocycles.